The number of hydrogen-bond donors (Lipinski definition) is 2. The second kappa shape index (κ2) is 7.12. The first-order valence-corrected chi connectivity index (χ1v) is 8.88. The first-order chi connectivity index (χ1) is 11.2. The zero-order valence-electron chi connectivity index (χ0n) is 12.5. The van der Waals surface area contributed by atoms with Gasteiger partial charge in [-0.15, -0.1) is 11.3 Å². The van der Waals surface area contributed by atoms with Crippen LogP contribution in [0.1, 0.15) is 12.5 Å². The Morgan fingerprint density at radius 2 is 2.13 bits per heavy atom. The first kappa shape index (κ1) is 16.0. The van der Waals surface area contributed by atoms with Crippen molar-refractivity contribution in [2.45, 2.75) is 23.1 Å². The Kier molecular flexibility index (Phi) is 4.95. The number of carbonyl (C=O) groups excluding carboxylic acids is 1. The Balaban J connectivity index is 1.67. The van der Waals surface area contributed by atoms with Gasteiger partial charge in [0.25, 0.3) is 0 Å². The van der Waals surface area contributed by atoms with E-state index in [1.165, 1.54) is 11.8 Å². The molecule has 1 aromatic heterocycles. The predicted molar refractivity (Wildman–Crippen MR) is 95.9 cm³/mol. The van der Waals surface area contributed by atoms with Crippen LogP contribution in [0.3, 0.4) is 0 Å². The van der Waals surface area contributed by atoms with Gasteiger partial charge in [-0.1, -0.05) is 36.0 Å². The molecule has 0 aliphatic carbocycles. The van der Waals surface area contributed by atoms with Gasteiger partial charge in [0.2, 0.25) is 5.91 Å². The molecule has 1 atom stereocenters. The van der Waals surface area contributed by atoms with E-state index in [1.807, 2.05) is 49.4 Å². The van der Waals surface area contributed by atoms with Gasteiger partial charge in [-0.3, -0.25) is 4.79 Å². The lowest BCUT2D eigenvalue weighted by atomic mass is 10.2. The standard InChI is InChI=1S/C17H16N2O2S2/c1-11(16(21)18-13-6-4-5-12(9-13)10-20)22-17-19-14-7-2-3-8-15(14)23-17/h2-9,11,20H,10H2,1H3,(H,18,21). The van der Waals surface area contributed by atoms with E-state index in [-0.39, 0.29) is 17.8 Å². The van der Waals surface area contributed by atoms with Gasteiger partial charge in [-0.2, -0.15) is 0 Å². The summed E-state index contributed by atoms with van der Waals surface area (Å²) in [6, 6.07) is 15.2. The molecule has 0 bridgehead atoms. The third kappa shape index (κ3) is 3.90. The summed E-state index contributed by atoms with van der Waals surface area (Å²) < 4.78 is 2.01. The van der Waals surface area contributed by atoms with Crippen molar-refractivity contribution in [3.63, 3.8) is 0 Å². The Bertz CT molecular complexity index is 799. The Morgan fingerprint density at radius 3 is 2.91 bits per heavy atom. The van der Waals surface area contributed by atoms with E-state index in [0.29, 0.717) is 5.69 Å². The fourth-order valence-electron chi connectivity index (χ4n) is 2.10. The molecular formula is C17H16N2O2S2. The van der Waals surface area contributed by atoms with Crippen LogP contribution in [-0.2, 0) is 11.4 Å². The number of aliphatic hydroxyl groups is 1. The van der Waals surface area contributed by atoms with Crippen molar-refractivity contribution in [1.29, 1.82) is 0 Å². The number of hydrogen-bond acceptors (Lipinski definition) is 5. The van der Waals surface area contributed by atoms with Gasteiger partial charge in [-0.25, -0.2) is 4.98 Å². The van der Waals surface area contributed by atoms with Gasteiger partial charge in [0.05, 0.1) is 22.1 Å². The monoisotopic (exact) mass is 344 g/mol. The number of rotatable bonds is 5. The number of para-hydroxylation sites is 1. The van der Waals surface area contributed by atoms with E-state index in [4.69, 9.17) is 5.11 Å². The first-order valence-electron chi connectivity index (χ1n) is 7.18. The average molecular weight is 344 g/mol. The maximum atomic E-state index is 12.3. The number of aromatic nitrogens is 1. The summed E-state index contributed by atoms with van der Waals surface area (Å²) in [5, 5.41) is 11.8. The van der Waals surface area contributed by atoms with Gasteiger partial charge in [-0.05, 0) is 36.8 Å². The van der Waals surface area contributed by atoms with E-state index >= 15 is 0 Å². The van der Waals surface area contributed by atoms with Crippen molar-refractivity contribution in [3.05, 3.63) is 54.1 Å². The van der Waals surface area contributed by atoms with Crippen molar-refractivity contribution in [2.75, 3.05) is 5.32 Å². The number of fused-ring (bicyclic) bond motifs is 1. The lowest BCUT2D eigenvalue weighted by molar-refractivity contribution is -0.115. The fraction of sp³-hybridized carbons (Fsp3) is 0.176. The van der Waals surface area contributed by atoms with Crippen LogP contribution in [0.25, 0.3) is 10.2 Å². The molecule has 118 valence electrons. The molecule has 2 N–H and O–H groups in total. The molecule has 0 radical (unpaired) electrons. The van der Waals surface area contributed by atoms with Gasteiger partial charge >= 0.3 is 0 Å². The minimum absolute atomic E-state index is 0.0419. The molecule has 0 fully saturated rings. The molecule has 0 spiro atoms. The number of thioether (sulfide) groups is 1. The molecule has 1 unspecified atom stereocenters. The second-order valence-corrected chi connectivity index (χ2v) is 7.67. The van der Waals surface area contributed by atoms with Crippen LogP contribution in [-0.4, -0.2) is 21.2 Å². The van der Waals surface area contributed by atoms with Crippen LogP contribution in [0.15, 0.2) is 52.9 Å². The molecule has 1 heterocycles. The van der Waals surface area contributed by atoms with Gasteiger partial charge in [0.15, 0.2) is 4.34 Å². The molecule has 3 aromatic rings. The van der Waals surface area contributed by atoms with Crippen molar-refractivity contribution in [3.8, 4) is 0 Å². The van der Waals surface area contributed by atoms with Crippen molar-refractivity contribution >= 4 is 44.9 Å². The van der Waals surface area contributed by atoms with Crippen molar-refractivity contribution < 1.29 is 9.90 Å². The molecule has 0 aliphatic heterocycles. The Labute approximate surface area is 142 Å². The normalized spacial score (nSPS) is 12.3. The number of aliphatic hydroxyl groups excluding tert-OH is 1. The smallest absolute Gasteiger partial charge is 0.237 e. The topological polar surface area (TPSA) is 62.2 Å². The minimum atomic E-state index is -0.256. The molecular weight excluding hydrogens is 328 g/mol. The molecule has 6 heteroatoms. The van der Waals surface area contributed by atoms with E-state index in [9.17, 15) is 4.79 Å². The highest BCUT2D eigenvalue weighted by Gasteiger charge is 2.17. The molecule has 1 amide bonds. The average Bonchev–Trinajstić information content (AvgIpc) is 2.97. The van der Waals surface area contributed by atoms with Crippen molar-refractivity contribution in [1.82, 2.24) is 4.98 Å². The highest BCUT2D eigenvalue weighted by atomic mass is 32.2. The van der Waals surface area contributed by atoms with Crippen LogP contribution in [0.2, 0.25) is 0 Å². The number of amides is 1. The summed E-state index contributed by atoms with van der Waals surface area (Å²) in [5.41, 5.74) is 2.43. The van der Waals surface area contributed by atoms with Gasteiger partial charge < -0.3 is 10.4 Å². The summed E-state index contributed by atoms with van der Waals surface area (Å²) in [7, 11) is 0. The zero-order chi connectivity index (χ0) is 16.2. The van der Waals surface area contributed by atoms with Crippen LogP contribution in [0, 0.1) is 0 Å². The number of benzene rings is 2. The highest BCUT2D eigenvalue weighted by molar-refractivity contribution is 8.02. The molecule has 0 aliphatic rings. The number of nitrogens with zero attached hydrogens (tertiary/aromatic N) is 1. The number of nitrogens with one attached hydrogen (secondary N) is 1. The van der Waals surface area contributed by atoms with Crippen molar-refractivity contribution in [2.24, 2.45) is 0 Å². The highest BCUT2D eigenvalue weighted by Crippen LogP contribution is 2.32. The second-order valence-electron chi connectivity index (χ2n) is 5.06. The molecule has 23 heavy (non-hydrogen) atoms. The maximum Gasteiger partial charge on any atom is 0.237 e. The summed E-state index contributed by atoms with van der Waals surface area (Å²) in [5.74, 6) is -0.0793. The maximum absolute atomic E-state index is 12.3. The summed E-state index contributed by atoms with van der Waals surface area (Å²) in [6.07, 6.45) is 0. The van der Waals surface area contributed by atoms with Crippen LogP contribution in [0.5, 0.6) is 0 Å². The third-order valence-corrected chi connectivity index (χ3v) is 5.53. The number of thiazole rings is 1. The summed E-state index contributed by atoms with van der Waals surface area (Å²) >= 11 is 3.05. The lowest BCUT2D eigenvalue weighted by Gasteiger charge is -2.11. The Hall–Kier alpha value is -1.89. The molecule has 2 aromatic carbocycles. The predicted octanol–water partition coefficient (Wildman–Crippen LogP) is 3.91. The Morgan fingerprint density at radius 1 is 1.30 bits per heavy atom. The summed E-state index contributed by atoms with van der Waals surface area (Å²) in [6.45, 7) is 1.82. The summed E-state index contributed by atoms with van der Waals surface area (Å²) in [4.78, 5) is 16.9. The fourth-order valence-corrected chi connectivity index (χ4v) is 4.31. The molecule has 0 saturated heterocycles. The zero-order valence-corrected chi connectivity index (χ0v) is 14.2. The van der Waals surface area contributed by atoms with Gasteiger partial charge in [0, 0.05) is 5.69 Å². The minimum Gasteiger partial charge on any atom is -0.392 e. The van der Waals surface area contributed by atoms with E-state index in [2.05, 4.69) is 10.3 Å². The SMILES string of the molecule is CC(Sc1nc2ccccc2s1)C(=O)Nc1cccc(CO)c1. The van der Waals surface area contributed by atoms with Crippen LogP contribution in [0.4, 0.5) is 5.69 Å². The van der Waals surface area contributed by atoms with Gasteiger partial charge in [0.1, 0.15) is 0 Å². The molecule has 0 saturated carbocycles. The van der Waals surface area contributed by atoms with Crippen LogP contribution >= 0.6 is 23.1 Å². The van der Waals surface area contributed by atoms with E-state index < -0.39 is 0 Å². The largest absolute Gasteiger partial charge is 0.392 e. The molecule has 4 nitrogen and oxygen atoms in total. The van der Waals surface area contributed by atoms with E-state index in [0.717, 1.165) is 20.1 Å². The molecule has 3 rings (SSSR count). The number of carbonyl (C=O) groups is 1. The number of anilines is 1. The quantitative estimate of drug-likeness (QED) is 0.689. The van der Waals surface area contributed by atoms with E-state index in [1.54, 1.807) is 17.4 Å². The third-order valence-electron chi connectivity index (χ3n) is 3.30. The van der Waals surface area contributed by atoms with Crippen LogP contribution < -0.4 is 5.32 Å². The lowest BCUT2D eigenvalue weighted by Crippen LogP contribution is -2.22.